The van der Waals surface area contributed by atoms with Crippen LogP contribution < -0.4 is 5.73 Å². The summed E-state index contributed by atoms with van der Waals surface area (Å²) in [6.45, 7) is 0. The van der Waals surface area contributed by atoms with Crippen LogP contribution >= 0.6 is 11.6 Å². The largest absolute Gasteiger partial charge is 0.387 e. The van der Waals surface area contributed by atoms with Crippen LogP contribution in [0.1, 0.15) is 17.2 Å². The van der Waals surface area contributed by atoms with Gasteiger partial charge in [0.2, 0.25) is 0 Å². The number of aliphatic hydroxyl groups is 1. The molecule has 0 heterocycles. The fourth-order valence-electron chi connectivity index (χ4n) is 1.65. The van der Waals surface area contributed by atoms with Gasteiger partial charge in [0.05, 0.1) is 6.10 Å². The molecule has 3 N–H and O–H groups in total. The molecular weight excluding hydrogens is 174 g/mol. The van der Waals surface area contributed by atoms with Gasteiger partial charge in [0.15, 0.2) is 0 Å². The quantitative estimate of drug-likeness (QED) is 0.636. The number of halogens is 1. The van der Waals surface area contributed by atoms with Gasteiger partial charge in [-0.1, -0.05) is 23.7 Å². The smallest absolute Gasteiger partial charge is 0.0947 e. The Morgan fingerprint density at radius 2 is 2.25 bits per heavy atom. The second-order valence-corrected chi connectivity index (χ2v) is 3.53. The zero-order valence-corrected chi connectivity index (χ0v) is 7.25. The number of fused-ring (bicyclic) bond motifs is 1. The van der Waals surface area contributed by atoms with Crippen molar-refractivity contribution in [3.63, 3.8) is 0 Å². The zero-order valence-electron chi connectivity index (χ0n) is 6.50. The van der Waals surface area contributed by atoms with Gasteiger partial charge in [-0.15, -0.1) is 0 Å². The molecule has 0 unspecified atom stereocenters. The Hall–Kier alpha value is -0.570. The second kappa shape index (κ2) is 2.73. The topological polar surface area (TPSA) is 46.2 Å². The van der Waals surface area contributed by atoms with Gasteiger partial charge in [-0.3, -0.25) is 0 Å². The number of hydrogen-bond acceptors (Lipinski definition) is 2. The van der Waals surface area contributed by atoms with Gasteiger partial charge in [-0.25, -0.2) is 0 Å². The van der Waals surface area contributed by atoms with Gasteiger partial charge in [0.25, 0.3) is 0 Å². The second-order valence-electron chi connectivity index (χ2n) is 3.12. The highest BCUT2D eigenvalue weighted by molar-refractivity contribution is 6.31. The average molecular weight is 184 g/mol. The predicted octanol–water partition coefficient (Wildman–Crippen LogP) is 1.26. The molecule has 3 heteroatoms. The van der Waals surface area contributed by atoms with Crippen LogP contribution in [0.25, 0.3) is 0 Å². The van der Waals surface area contributed by atoms with E-state index >= 15 is 0 Å². The minimum absolute atomic E-state index is 0.195. The zero-order chi connectivity index (χ0) is 8.72. The molecule has 12 heavy (non-hydrogen) atoms. The molecule has 2 atom stereocenters. The predicted molar refractivity (Wildman–Crippen MR) is 48.1 cm³/mol. The Morgan fingerprint density at radius 1 is 1.50 bits per heavy atom. The van der Waals surface area contributed by atoms with Crippen LogP contribution in [0.4, 0.5) is 0 Å². The SMILES string of the molecule is N[C@H]1Cc2c(Cl)cccc2[C@@H]1O. The molecule has 2 rings (SSSR count). The minimum atomic E-state index is -0.543. The van der Waals surface area contributed by atoms with Crippen molar-refractivity contribution >= 4 is 11.6 Å². The summed E-state index contributed by atoms with van der Waals surface area (Å²) in [7, 11) is 0. The van der Waals surface area contributed by atoms with E-state index in [0.717, 1.165) is 11.1 Å². The Bertz CT molecular complexity index is 313. The molecule has 1 aliphatic carbocycles. The van der Waals surface area contributed by atoms with Gasteiger partial charge in [-0.2, -0.15) is 0 Å². The van der Waals surface area contributed by atoms with Crippen LogP contribution in [0.2, 0.25) is 5.02 Å². The van der Waals surface area contributed by atoms with Crippen molar-refractivity contribution in [1.29, 1.82) is 0 Å². The van der Waals surface area contributed by atoms with Gasteiger partial charge < -0.3 is 10.8 Å². The summed E-state index contributed by atoms with van der Waals surface area (Å²) >= 11 is 5.93. The number of nitrogens with two attached hydrogens (primary N) is 1. The molecule has 0 saturated carbocycles. The lowest BCUT2D eigenvalue weighted by atomic mass is 10.1. The Labute approximate surface area is 76.0 Å². The molecule has 1 aromatic rings. The lowest BCUT2D eigenvalue weighted by Crippen LogP contribution is -2.24. The summed E-state index contributed by atoms with van der Waals surface area (Å²) in [5, 5.41) is 10.3. The number of benzene rings is 1. The Balaban J connectivity index is 2.53. The monoisotopic (exact) mass is 183 g/mol. The van der Waals surface area contributed by atoms with Gasteiger partial charge in [0.1, 0.15) is 0 Å². The maximum atomic E-state index is 9.59. The lowest BCUT2D eigenvalue weighted by molar-refractivity contribution is 0.159. The van der Waals surface area contributed by atoms with E-state index < -0.39 is 6.10 Å². The highest BCUT2D eigenvalue weighted by Gasteiger charge is 2.29. The molecule has 0 saturated heterocycles. The van der Waals surface area contributed by atoms with Crippen molar-refractivity contribution in [3.8, 4) is 0 Å². The number of hydrogen-bond donors (Lipinski definition) is 2. The first-order valence-electron chi connectivity index (χ1n) is 3.91. The van der Waals surface area contributed by atoms with Crippen LogP contribution in [0, 0.1) is 0 Å². The molecule has 64 valence electrons. The molecule has 0 fully saturated rings. The summed E-state index contributed by atoms with van der Waals surface area (Å²) < 4.78 is 0. The first kappa shape index (κ1) is 8.05. The van der Waals surface area contributed by atoms with Crippen molar-refractivity contribution in [2.75, 3.05) is 0 Å². The first-order valence-corrected chi connectivity index (χ1v) is 4.29. The van der Waals surface area contributed by atoms with Crippen LogP contribution in [0.15, 0.2) is 18.2 Å². The molecule has 2 nitrogen and oxygen atoms in total. The fourth-order valence-corrected chi connectivity index (χ4v) is 1.90. The van der Waals surface area contributed by atoms with Crippen molar-refractivity contribution < 1.29 is 5.11 Å². The average Bonchev–Trinajstić information content (AvgIpc) is 2.32. The highest BCUT2D eigenvalue weighted by Crippen LogP contribution is 2.34. The van der Waals surface area contributed by atoms with Crippen molar-refractivity contribution in [3.05, 3.63) is 34.3 Å². The van der Waals surface area contributed by atoms with Crippen LogP contribution in [-0.2, 0) is 6.42 Å². The lowest BCUT2D eigenvalue weighted by Gasteiger charge is -2.07. The summed E-state index contributed by atoms with van der Waals surface area (Å²) in [5.41, 5.74) is 7.57. The van der Waals surface area contributed by atoms with Gasteiger partial charge >= 0.3 is 0 Å². The van der Waals surface area contributed by atoms with E-state index in [2.05, 4.69) is 0 Å². The third kappa shape index (κ3) is 1.04. The van der Waals surface area contributed by atoms with E-state index in [0.29, 0.717) is 11.4 Å². The van der Waals surface area contributed by atoms with Crippen LogP contribution in [0.5, 0.6) is 0 Å². The fraction of sp³-hybridized carbons (Fsp3) is 0.333. The number of rotatable bonds is 0. The maximum absolute atomic E-state index is 9.59. The third-order valence-electron chi connectivity index (χ3n) is 2.32. The molecule has 0 spiro atoms. The first-order chi connectivity index (χ1) is 5.70. The molecular formula is C9H10ClNO. The van der Waals surface area contributed by atoms with E-state index in [1.807, 2.05) is 18.2 Å². The van der Waals surface area contributed by atoms with Gasteiger partial charge in [0, 0.05) is 11.1 Å². The normalized spacial score (nSPS) is 27.2. The number of aliphatic hydroxyl groups excluding tert-OH is 1. The van der Waals surface area contributed by atoms with E-state index in [1.54, 1.807) is 0 Å². The molecule has 0 radical (unpaired) electrons. The molecule has 1 aliphatic rings. The summed E-state index contributed by atoms with van der Waals surface area (Å²) in [4.78, 5) is 0. The molecule has 0 amide bonds. The molecule has 0 aliphatic heterocycles. The molecule has 1 aromatic carbocycles. The van der Waals surface area contributed by atoms with E-state index in [1.165, 1.54) is 0 Å². The van der Waals surface area contributed by atoms with E-state index in [4.69, 9.17) is 17.3 Å². The Morgan fingerprint density at radius 3 is 2.92 bits per heavy atom. The van der Waals surface area contributed by atoms with E-state index in [9.17, 15) is 5.11 Å². The molecule has 0 bridgehead atoms. The van der Waals surface area contributed by atoms with Crippen LogP contribution in [0.3, 0.4) is 0 Å². The molecule has 0 aromatic heterocycles. The standard InChI is InChI=1S/C9H10ClNO/c10-7-3-1-2-5-6(7)4-8(11)9(5)12/h1-3,8-9,12H,4,11H2/t8-,9-/m0/s1. The third-order valence-corrected chi connectivity index (χ3v) is 2.67. The van der Waals surface area contributed by atoms with Crippen molar-refractivity contribution in [1.82, 2.24) is 0 Å². The minimum Gasteiger partial charge on any atom is -0.387 e. The van der Waals surface area contributed by atoms with Crippen molar-refractivity contribution in [2.24, 2.45) is 5.73 Å². The highest BCUT2D eigenvalue weighted by atomic mass is 35.5. The Kier molecular flexibility index (Phi) is 1.83. The summed E-state index contributed by atoms with van der Waals surface area (Å²) in [6, 6.07) is 5.34. The summed E-state index contributed by atoms with van der Waals surface area (Å²) in [5.74, 6) is 0. The van der Waals surface area contributed by atoms with Crippen LogP contribution in [-0.4, -0.2) is 11.1 Å². The van der Waals surface area contributed by atoms with Gasteiger partial charge in [-0.05, 0) is 23.6 Å². The maximum Gasteiger partial charge on any atom is 0.0947 e. The summed E-state index contributed by atoms with van der Waals surface area (Å²) in [6.07, 6.45) is 0.134. The van der Waals surface area contributed by atoms with E-state index in [-0.39, 0.29) is 6.04 Å². The van der Waals surface area contributed by atoms with Crippen molar-refractivity contribution in [2.45, 2.75) is 18.6 Å².